The third-order valence-corrected chi connectivity index (χ3v) is 4.04. The molecular weight excluding hydrogens is 308 g/mol. The third-order valence-electron chi connectivity index (χ3n) is 3.35. The van der Waals surface area contributed by atoms with E-state index in [1.807, 2.05) is 6.07 Å². The Bertz CT molecular complexity index is 437. The number of hydrogen-bond donors (Lipinski definition) is 1. The van der Waals surface area contributed by atoms with Gasteiger partial charge in [0.05, 0.1) is 4.92 Å². The van der Waals surface area contributed by atoms with Crippen molar-refractivity contribution in [3.63, 3.8) is 0 Å². The summed E-state index contributed by atoms with van der Waals surface area (Å²) in [7, 11) is 0. The van der Waals surface area contributed by atoms with E-state index >= 15 is 0 Å². The Morgan fingerprint density at radius 1 is 1.42 bits per heavy atom. The van der Waals surface area contributed by atoms with E-state index < -0.39 is 0 Å². The Morgan fingerprint density at radius 2 is 2.11 bits per heavy atom. The molecule has 0 aliphatic rings. The van der Waals surface area contributed by atoms with Gasteiger partial charge < -0.3 is 5.32 Å². The van der Waals surface area contributed by atoms with Gasteiger partial charge in [-0.25, -0.2) is 0 Å². The average molecular weight is 329 g/mol. The number of rotatable bonds is 7. The smallest absolute Gasteiger partial charge is 0.270 e. The highest BCUT2D eigenvalue weighted by Crippen LogP contribution is 2.32. The van der Waals surface area contributed by atoms with Gasteiger partial charge in [-0.3, -0.25) is 10.1 Å². The lowest BCUT2D eigenvalue weighted by molar-refractivity contribution is -0.384. The monoisotopic (exact) mass is 328 g/mol. The first-order chi connectivity index (χ1) is 9.01. The first kappa shape index (κ1) is 16.1. The average Bonchev–Trinajstić information content (AvgIpc) is 2.38. The zero-order valence-electron chi connectivity index (χ0n) is 11.6. The largest absolute Gasteiger partial charge is 0.314 e. The van der Waals surface area contributed by atoms with Crippen LogP contribution in [0.25, 0.3) is 0 Å². The van der Waals surface area contributed by atoms with E-state index in [9.17, 15) is 10.1 Å². The highest BCUT2D eigenvalue weighted by Gasteiger charge is 2.20. The minimum Gasteiger partial charge on any atom is -0.314 e. The molecule has 0 amide bonds. The van der Waals surface area contributed by atoms with Crippen LogP contribution in [0.2, 0.25) is 0 Å². The Morgan fingerprint density at radius 3 is 2.58 bits per heavy atom. The lowest BCUT2D eigenvalue weighted by atomic mass is 9.90. The van der Waals surface area contributed by atoms with Crippen molar-refractivity contribution in [1.82, 2.24) is 5.32 Å². The molecule has 1 aromatic rings. The number of nitro benzene ring substituents is 1. The van der Waals surface area contributed by atoms with E-state index in [-0.39, 0.29) is 10.6 Å². The molecule has 0 spiro atoms. The summed E-state index contributed by atoms with van der Waals surface area (Å²) in [5.41, 5.74) is 1.25. The third kappa shape index (κ3) is 4.28. The molecule has 19 heavy (non-hydrogen) atoms. The van der Waals surface area contributed by atoms with Crippen LogP contribution >= 0.6 is 15.9 Å². The number of halogens is 1. The van der Waals surface area contributed by atoms with E-state index in [0.717, 1.165) is 29.4 Å². The first-order valence-electron chi connectivity index (χ1n) is 6.68. The lowest BCUT2D eigenvalue weighted by Gasteiger charge is -2.25. The zero-order valence-corrected chi connectivity index (χ0v) is 13.2. The van der Waals surface area contributed by atoms with Crippen molar-refractivity contribution in [1.29, 1.82) is 0 Å². The molecule has 0 bridgehead atoms. The number of hydrogen-bond acceptors (Lipinski definition) is 3. The van der Waals surface area contributed by atoms with E-state index in [1.54, 1.807) is 12.1 Å². The molecule has 0 saturated carbocycles. The standard InChI is InChI=1S/C14H21BrN2O2/c1-4-8-16-10(3)12(5-2)13-7-6-11(17(18)19)9-14(13)15/h6-7,9-10,12,16H,4-5,8H2,1-3H3. The van der Waals surface area contributed by atoms with Crippen LogP contribution in [0.4, 0.5) is 5.69 Å². The second-order valence-electron chi connectivity index (χ2n) is 4.72. The fraction of sp³-hybridized carbons (Fsp3) is 0.571. The molecule has 4 nitrogen and oxygen atoms in total. The minimum absolute atomic E-state index is 0.125. The molecule has 0 aromatic heterocycles. The maximum absolute atomic E-state index is 10.8. The molecule has 0 heterocycles. The molecule has 0 aliphatic heterocycles. The summed E-state index contributed by atoms with van der Waals surface area (Å²) in [5, 5.41) is 14.2. The van der Waals surface area contributed by atoms with Crippen LogP contribution < -0.4 is 5.32 Å². The van der Waals surface area contributed by atoms with Gasteiger partial charge >= 0.3 is 0 Å². The van der Waals surface area contributed by atoms with Crippen molar-refractivity contribution in [2.75, 3.05) is 6.54 Å². The topological polar surface area (TPSA) is 55.2 Å². The first-order valence-corrected chi connectivity index (χ1v) is 7.47. The van der Waals surface area contributed by atoms with Crippen LogP contribution in [0.15, 0.2) is 22.7 Å². The number of nitro groups is 1. The number of nitrogens with zero attached hydrogens (tertiary/aromatic N) is 1. The van der Waals surface area contributed by atoms with Crippen molar-refractivity contribution in [3.05, 3.63) is 38.3 Å². The molecule has 1 aromatic carbocycles. The van der Waals surface area contributed by atoms with Gasteiger partial charge in [0.15, 0.2) is 0 Å². The maximum Gasteiger partial charge on any atom is 0.270 e. The van der Waals surface area contributed by atoms with Crippen molar-refractivity contribution in [3.8, 4) is 0 Å². The Balaban J connectivity index is 2.95. The fourth-order valence-corrected chi connectivity index (χ4v) is 2.95. The second kappa shape index (κ2) is 7.60. The van der Waals surface area contributed by atoms with Crippen molar-refractivity contribution in [2.24, 2.45) is 0 Å². The van der Waals surface area contributed by atoms with E-state index in [2.05, 4.69) is 42.0 Å². The summed E-state index contributed by atoms with van der Waals surface area (Å²) in [5.74, 6) is 0.349. The van der Waals surface area contributed by atoms with Gasteiger partial charge in [-0.2, -0.15) is 0 Å². The van der Waals surface area contributed by atoms with Crippen molar-refractivity contribution < 1.29 is 4.92 Å². The molecule has 2 unspecified atom stereocenters. The predicted octanol–water partition coefficient (Wildman–Crippen LogP) is 4.24. The van der Waals surface area contributed by atoms with E-state index in [4.69, 9.17) is 0 Å². The summed E-state index contributed by atoms with van der Waals surface area (Å²) < 4.78 is 0.818. The summed E-state index contributed by atoms with van der Waals surface area (Å²) in [6, 6.07) is 5.38. The van der Waals surface area contributed by atoms with E-state index in [0.29, 0.717) is 12.0 Å². The van der Waals surface area contributed by atoms with Crippen molar-refractivity contribution >= 4 is 21.6 Å². The van der Waals surface area contributed by atoms with E-state index in [1.165, 1.54) is 0 Å². The Hall–Kier alpha value is -0.940. The molecular formula is C14H21BrN2O2. The molecule has 0 fully saturated rings. The second-order valence-corrected chi connectivity index (χ2v) is 5.57. The molecule has 0 radical (unpaired) electrons. The Labute approximate surface area is 122 Å². The molecule has 0 aliphatic carbocycles. The van der Waals surface area contributed by atoms with Gasteiger partial charge in [0.2, 0.25) is 0 Å². The van der Waals surface area contributed by atoms with Crippen LogP contribution in [-0.2, 0) is 0 Å². The van der Waals surface area contributed by atoms with Gasteiger partial charge in [-0.05, 0) is 37.8 Å². The summed E-state index contributed by atoms with van der Waals surface area (Å²) in [6.45, 7) is 7.44. The molecule has 106 valence electrons. The quantitative estimate of drug-likeness (QED) is 0.601. The molecule has 2 atom stereocenters. The van der Waals surface area contributed by atoms with Gasteiger partial charge in [0.1, 0.15) is 0 Å². The van der Waals surface area contributed by atoms with Crippen molar-refractivity contribution in [2.45, 2.75) is 45.6 Å². The normalized spacial score (nSPS) is 14.1. The number of nitrogens with one attached hydrogen (secondary N) is 1. The van der Waals surface area contributed by atoms with Gasteiger partial charge in [0.25, 0.3) is 5.69 Å². The van der Waals surface area contributed by atoms with Crippen LogP contribution in [0, 0.1) is 10.1 Å². The molecule has 5 heteroatoms. The number of benzene rings is 1. The highest BCUT2D eigenvalue weighted by atomic mass is 79.9. The summed E-state index contributed by atoms with van der Waals surface area (Å²) in [4.78, 5) is 10.4. The molecule has 1 N–H and O–H groups in total. The van der Waals surface area contributed by atoms with Crippen LogP contribution in [0.1, 0.15) is 45.1 Å². The fourth-order valence-electron chi connectivity index (χ4n) is 2.29. The minimum atomic E-state index is -0.367. The van der Waals surface area contributed by atoms with Crippen LogP contribution in [0.5, 0.6) is 0 Å². The van der Waals surface area contributed by atoms with Crippen LogP contribution in [-0.4, -0.2) is 17.5 Å². The Kier molecular flexibility index (Phi) is 6.45. The SMILES string of the molecule is CCCNC(C)C(CC)c1ccc([N+](=O)[O-])cc1Br. The number of non-ortho nitro benzene ring substituents is 1. The van der Waals surface area contributed by atoms with Gasteiger partial charge in [0, 0.05) is 22.6 Å². The predicted molar refractivity (Wildman–Crippen MR) is 81.6 cm³/mol. The lowest BCUT2D eigenvalue weighted by Crippen LogP contribution is -2.32. The van der Waals surface area contributed by atoms with Gasteiger partial charge in [-0.15, -0.1) is 0 Å². The summed E-state index contributed by atoms with van der Waals surface area (Å²) >= 11 is 3.46. The zero-order chi connectivity index (χ0) is 14.4. The maximum atomic E-state index is 10.8. The molecule has 1 rings (SSSR count). The summed E-state index contributed by atoms with van der Waals surface area (Å²) in [6.07, 6.45) is 2.09. The van der Waals surface area contributed by atoms with Crippen LogP contribution in [0.3, 0.4) is 0 Å². The van der Waals surface area contributed by atoms with Gasteiger partial charge in [-0.1, -0.05) is 35.8 Å². The molecule has 0 saturated heterocycles. The highest BCUT2D eigenvalue weighted by molar-refractivity contribution is 9.10.